The molecule has 0 saturated heterocycles. The number of hydrogen-bond acceptors (Lipinski definition) is 3. The summed E-state index contributed by atoms with van der Waals surface area (Å²) in [5, 5.41) is 4.08. The molecule has 3 rings (SSSR count). The number of fused-ring (bicyclic) bond motifs is 1. The average molecular weight is 308 g/mol. The lowest BCUT2D eigenvalue weighted by molar-refractivity contribution is 0.454. The highest BCUT2D eigenvalue weighted by Gasteiger charge is 2.25. The standard InChI is InChI=1S/C16H18F2N2S/c1-2-8-19-13-4-3-5-14-15(13)20-16(21-14)11-9-10(17)6-7-12(11)18/h6-7,9,13,19H,2-5,8H2,1H3. The van der Waals surface area contributed by atoms with Crippen molar-refractivity contribution in [2.45, 2.75) is 38.6 Å². The molecule has 0 fully saturated rings. The zero-order valence-corrected chi connectivity index (χ0v) is 12.8. The second-order valence-corrected chi connectivity index (χ2v) is 6.43. The van der Waals surface area contributed by atoms with Crippen LogP contribution in [0.2, 0.25) is 0 Å². The number of aromatic nitrogens is 1. The van der Waals surface area contributed by atoms with Gasteiger partial charge in [-0.05, 0) is 50.4 Å². The summed E-state index contributed by atoms with van der Waals surface area (Å²) in [7, 11) is 0. The molecular weight excluding hydrogens is 290 g/mol. The lowest BCUT2D eigenvalue weighted by Gasteiger charge is -2.22. The molecule has 21 heavy (non-hydrogen) atoms. The van der Waals surface area contributed by atoms with Crippen molar-refractivity contribution in [3.05, 3.63) is 40.4 Å². The SMILES string of the molecule is CCCNC1CCCc2sc(-c3cc(F)ccc3F)nc21. The molecule has 1 aromatic heterocycles. The summed E-state index contributed by atoms with van der Waals surface area (Å²) in [4.78, 5) is 5.81. The summed E-state index contributed by atoms with van der Waals surface area (Å²) >= 11 is 1.49. The fourth-order valence-corrected chi connectivity index (χ4v) is 3.89. The molecule has 1 aliphatic rings. The number of aryl methyl sites for hydroxylation is 1. The van der Waals surface area contributed by atoms with Crippen LogP contribution in [0.25, 0.3) is 10.6 Å². The van der Waals surface area contributed by atoms with E-state index in [0.717, 1.165) is 50.1 Å². The van der Waals surface area contributed by atoms with E-state index in [0.29, 0.717) is 5.01 Å². The van der Waals surface area contributed by atoms with Gasteiger partial charge in [0.2, 0.25) is 0 Å². The van der Waals surface area contributed by atoms with Crippen LogP contribution in [0.3, 0.4) is 0 Å². The lowest BCUT2D eigenvalue weighted by Crippen LogP contribution is -2.25. The molecule has 2 nitrogen and oxygen atoms in total. The Labute approximate surface area is 127 Å². The van der Waals surface area contributed by atoms with E-state index in [1.807, 2.05) is 0 Å². The Morgan fingerprint density at radius 2 is 2.24 bits per heavy atom. The van der Waals surface area contributed by atoms with Gasteiger partial charge in [-0.15, -0.1) is 11.3 Å². The minimum atomic E-state index is -0.430. The molecule has 1 aliphatic carbocycles. The number of halogens is 2. The predicted molar refractivity (Wildman–Crippen MR) is 81.4 cm³/mol. The van der Waals surface area contributed by atoms with Crippen molar-refractivity contribution >= 4 is 11.3 Å². The van der Waals surface area contributed by atoms with E-state index in [9.17, 15) is 8.78 Å². The molecule has 0 radical (unpaired) electrons. The predicted octanol–water partition coefficient (Wildman–Crippen LogP) is 4.47. The van der Waals surface area contributed by atoms with Gasteiger partial charge in [-0.3, -0.25) is 0 Å². The van der Waals surface area contributed by atoms with Crippen molar-refractivity contribution in [1.82, 2.24) is 10.3 Å². The summed E-state index contributed by atoms with van der Waals surface area (Å²) in [6.45, 7) is 3.08. The fourth-order valence-electron chi connectivity index (χ4n) is 2.71. The van der Waals surface area contributed by atoms with Gasteiger partial charge in [0.15, 0.2) is 0 Å². The van der Waals surface area contributed by atoms with Gasteiger partial charge in [-0.2, -0.15) is 0 Å². The molecule has 0 saturated carbocycles. The summed E-state index contributed by atoms with van der Waals surface area (Å²) in [6.07, 6.45) is 4.22. The number of benzene rings is 1. The number of hydrogen-bond donors (Lipinski definition) is 1. The molecule has 1 aromatic carbocycles. The molecule has 1 N–H and O–H groups in total. The zero-order valence-electron chi connectivity index (χ0n) is 12.0. The molecule has 0 bridgehead atoms. The van der Waals surface area contributed by atoms with E-state index in [1.165, 1.54) is 22.3 Å². The largest absolute Gasteiger partial charge is 0.309 e. The normalized spacial score (nSPS) is 17.8. The highest BCUT2D eigenvalue weighted by molar-refractivity contribution is 7.15. The highest BCUT2D eigenvalue weighted by atomic mass is 32.1. The highest BCUT2D eigenvalue weighted by Crippen LogP contribution is 2.37. The molecule has 0 spiro atoms. The second kappa shape index (κ2) is 6.20. The molecule has 1 unspecified atom stereocenters. The molecule has 2 aromatic rings. The molecule has 112 valence electrons. The summed E-state index contributed by atoms with van der Waals surface area (Å²) in [5.74, 6) is -0.846. The first kappa shape index (κ1) is 14.6. The van der Waals surface area contributed by atoms with Crippen LogP contribution < -0.4 is 5.32 Å². The Kier molecular flexibility index (Phi) is 4.31. The van der Waals surface area contributed by atoms with Crippen LogP contribution in [-0.2, 0) is 6.42 Å². The van der Waals surface area contributed by atoms with E-state index < -0.39 is 11.6 Å². The van der Waals surface area contributed by atoms with Gasteiger partial charge in [0.1, 0.15) is 16.6 Å². The van der Waals surface area contributed by atoms with Crippen LogP contribution in [0.5, 0.6) is 0 Å². The number of nitrogens with one attached hydrogen (secondary N) is 1. The van der Waals surface area contributed by atoms with Gasteiger partial charge in [-0.1, -0.05) is 6.92 Å². The fraction of sp³-hybridized carbons (Fsp3) is 0.438. The Balaban J connectivity index is 1.96. The maximum absolute atomic E-state index is 13.9. The first-order chi connectivity index (χ1) is 10.2. The minimum Gasteiger partial charge on any atom is -0.309 e. The van der Waals surface area contributed by atoms with E-state index >= 15 is 0 Å². The van der Waals surface area contributed by atoms with Crippen molar-refractivity contribution in [2.75, 3.05) is 6.54 Å². The van der Waals surface area contributed by atoms with Crippen LogP contribution in [0, 0.1) is 11.6 Å². The summed E-state index contributed by atoms with van der Waals surface area (Å²) in [5.41, 5.74) is 1.29. The maximum Gasteiger partial charge on any atom is 0.133 e. The Morgan fingerprint density at radius 3 is 3.05 bits per heavy atom. The number of rotatable bonds is 4. The molecular formula is C16H18F2N2S. The number of nitrogens with zero attached hydrogens (tertiary/aromatic N) is 1. The van der Waals surface area contributed by atoms with Crippen LogP contribution in [0.15, 0.2) is 18.2 Å². The molecule has 1 heterocycles. The maximum atomic E-state index is 13.9. The van der Waals surface area contributed by atoms with Gasteiger partial charge in [0.05, 0.1) is 11.7 Å². The molecule has 0 aliphatic heterocycles. The third-order valence-electron chi connectivity index (χ3n) is 3.75. The van der Waals surface area contributed by atoms with Crippen LogP contribution >= 0.6 is 11.3 Å². The first-order valence-electron chi connectivity index (χ1n) is 7.37. The summed E-state index contributed by atoms with van der Waals surface area (Å²) < 4.78 is 27.3. The molecule has 1 atom stereocenters. The van der Waals surface area contributed by atoms with Crippen LogP contribution in [-0.4, -0.2) is 11.5 Å². The third kappa shape index (κ3) is 2.99. The van der Waals surface area contributed by atoms with Gasteiger partial charge < -0.3 is 5.32 Å². The Bertz CT molecular complexity index is 639. The summed E-state index contributed by atoms with van der Waals surface area (Å²) in [6, 6.07) is 3.78. The van der Waals surface area contributed by atoms with Gasteiger partial charge in [0.25, 0.3) is 0 Å². The van der Waals surface area contributed by atoms with E-state index in [1.54, 1.807) is 0 Å². The zero-order chi connectivity index (χ0) is 14.8. The topological polar surface area (TPSA) is 24.9 Å². The lowest BCUT2D eigenvalue weighted by atomic mass is 9.97. The van der Waals surface area contributed by atoms with Gasteiger partial charge in [-0.25, -0.2) is 13.8 Å². The van der Waals surface area contributed by atoms with Crippen molar-refractivity contribution in [1.29, 1.82) is 0 Å². The van der Waals surface area contributed by atoms with Crippen LogP contribution in [0.4, 0.5) is 8.78 Å². The van der Waals surface area contributed by atoms with Crippen molar-refractivity contribution < 1.29 is 8.78 Å². The first-order valence-corrected chi connectivity index (χ1v) is 8.19. The van der Waals surface area contributed by atoms with Gasteiger partial charge >= 0.3 is 0 Å². The van der Waals surface area contributed by atoms with Crippen molar-refractivity contribution in [3.63, 3.8) is 0 Å². The number of thiazole rings is 1. The Hall–Kier alpha value is -1.33. The molecule has 0 amide bonds. The average Bonchev–Trinajstić information content (AvgIpc) is 2.92. The van der Waals surface area contributed by atoms with E-state index in [2.05, 4.69) is 17.2 Å². The molecule has 5 heteroatoms. The minimum absolute atomic E-state index is 0.246. The van der Waals surface area contributed by atoms with E-state index in [4.69, 9.17) is 0 Å². The quantitative estimate of drug-likeness (QED) is 0.901. The van der Waals surface area contributed by atoms with Crippen molar-refractivity contribution in [3.8, 4) is 10.6 Å². The Morgan fingerprint density at radius 1 is 1.38 bits per heavy atom. The van der Waals surface area contributed by atoms with E-state index in [-0.39, 0.29) is 11.6 Å². The second-order valence-electron chi connectivity index (χ2n) is 5.35. The van der Waals surface area contributed by atoms with Crippen molar-refractivity contribution in [2.24, 2.45) is 0 Å². The monoisotopic (exact) mass is 308 g/mol. The smallest absolute Gasteiger partial charge is 0.133 e. The van der Waals surface area contributed by atoms with Crippen LogP contribution in [0.1, 0.15) is 42.8 Å². The third-order valence-corrected chi connectivity index (χ3v) is 4.92. The van der Waals surface area contributed by atoms with Gasteiger partial charge in [0, 0.05) is 10.4 Å².